The highest BCUT2D eigenvalue weighted by atomic mass is 15.4. The van der Waals surface area contributed by atoms with E-state index in [1.54, 1.807) is 10.8 Å². The Morgan fingerprint density at radius 2 is 2.00 bits per heavy atom. The lowest BCUT2D eigenvalue weighted by Gasteiger charge is -2.20. The van der Waals surface area contributed by atoms with Gasteiger partial charge in [0, 0.05) is 36.3 Å². The number of benzene rings is 1. The van der Waals surface area contributed by atoms with E-state index in [9.17, 15) is 0 Å². The maximum atomic E-state index is 4.65. The van der Waals surface area contributed by atoms with Crippen LogP contribution in [0.4, 0.5) is 5.82 Å². The second-order valence-electron chi connectivity index (χ2n) is 7.22. The molecule has 0 spiro atoms. The molecule has 128 valence electrons. The molecule has 0 radical (unpaired) electrons. The Kier molecular flexibility index (Phi) is 3.45. The Morgan fingerprint density at radius 3 is 2.80 bits per heavy atom. The highest BCUT2D eigenvalue weighted by molar-refractivity contribution is 5.65. The minimum atomic E-state index is 0.439. The molecule has 2 unspecified atom stereocenters. The molecular weight excluding hydrogens is 312 g/mol. The van der Waals surface area contributed by atoms with Gasteiger partial charge >= 0.3 is 0 Å². The molecule has 1 aromatic carbocycles. The van der Waals surface area contributed by atoms with Gasteiger partial charge in [0.05, 0.1) is 5.69 Å². The van der Waals surface area contributed by atoms with Crippen LogP contribution >= 0.6 is 0 Å². The highest BCUT2D eigenvalue weighted by Gasteiger charge is 2.38. The normalized spacial score (nSPS) is 24.0. The third-order valence-corrected chi connectivity index (χ3v) is 5.31. The molecule has 0 bridgehead atoms. The first kappa shape index (κ1) is 14.8. The molecule has 2 aromatic heterocycles. The lowest BCUT2D eigenvalue weighted by Crippen LogP contribution is -2.31. The highest BCUT2D eigenvalue weighted by Crippen LogP contribution is 2.34. The molecule has 2 atom stereocenters. The summed E-state index contributed by atoms with van der Waals surface area (Å²) in [7, 11) is 0. The molecule has 1 N–H and O–H groups in total. The maximum Gasteiger partial charge on any atom is 0.254 e. The summed E-state index contributed by atoms with van der Waals surface area (Å²) in [6.07, 6.45) is 5.45. The molecule has 1 aliphatic carbocycles. The SMILES string of the molecule is CC1CC(Nc2cc(-c3ccccc3)nc3ncnn23)CN1C1CC1. The Hall–Kier alpha value is -2.47. The molecular formula is C19H22N6. The van der Waals surface area contributed by atoms with Gasteiger partial charge in [0.2, 0.25) is 0 Å². The van der Waals surface area contributed by atoms with Crippen LogP contribution in [0.5, 0.6) is 0 Å². The van der Waals surface area contributed by atoms with Crippen LogP contribution in [0.2, 0.25) is 0 Å². The lowest BCUT2D eigenvalue weighted by atomic mass is 10.1. The average molecular weight is 334 g/mol. The van der Waals surface area contributed by atoms with E-state index >= 15 is 0 Å². The summed E-state index contributed by atoms with van der Waals surface area (Å²) in [6, 6.07) is 14.2. The van der Waals surface area contributed by atoms with Crippen LogP contribution < -0.4 is 5.32 Å². The quantitative estimate of drug-likeness (QED) is 0.795. The van der Waals surface area contributed by atoms with E-state index in [2.05, 4.69) is 50.4 Å². The first-order valence-corrected chi connectivity index (χ1v) is 9.06. The van der Waals surface area contributed by atoms with Crippen molar-refractivity contribution in [2.75, 3.05) is 11.9 Å². The third-order valence-electron chi connectivity index (χ3n) is 5.31. The molecule has 3 aromatic rings. The van der Waals surface area contributed by atoms with Gasteiger partial charge in [0.25, 0.3) is 5.78 Å². The van der Waals surface area contributed by atoms with Crippen LogP contribution in [-0.2, 0) is 0 Å². The maximum absolute atomic E-state index is 4.65. The Balaban J connectivity index is 1.47. The van der Waals surface area contributed by atoms with Crippen LogP contribution in [-0.4, -0.2) is 49.2 Å². The zero-order valence-corrected chi connectivity index (χ0v) is 14.3. The Labute approximate surface area is 146 Å². The molecule has 6 heteroatoms. The van der Waals surface area contributed by atoms with Crippen molar-refractivity contribution in [2.24, 2.45) is 0 Å². The Bertz CT molecular complexity index is 885. The van der Waals surface area contributed by atoms with Gasteiger partial charge in [-0.25, -0.2) is 4.98 Å². The number of fused-ring (bicyclic) bond motifs is 1. The summed E-state index contributed by atoms with van der Waals surface area (Å²) in [4.78, 5) is 11.6. The van der Waals surface area contributed by atoms with Crippen molar-refractivity contribution >= 4 is 11.6 Å². The van der Waals surface area contributed by atoms with Crippen LogP contribution in [0.15, 0.2) is 42.7 Å². The zero-order chi connectivity index (χ0) is 16.8. The van der Waals surface area contributed by atoms with Crippen molar-refractivity contribution in [1.82, 2.24) is 24.5 Å². The average Bonchev–Trinajstić information content (AvgIpc) is 3.24. The lowest BCUT2D eigenvalue weighted by molar-refractivity contribution is 0.257. The van der Waals surface area contributed by atoms with Crippen molar-refractivity contribution in [3.63, 3.8) is 0 Å². The topological polar surface area (TPSA) is 58.4 Å². The fourth-order valence-corrected chi connectivity index (χ4v) is 3.96. The van der Waals surface area contributed by atoms with Crippen LogP contribution in [0, 0.1) is 0 Å². The molecule has 0 amide bonds. The van der Waals surface area contributed by atoms with Crippen molar-refractivity contribution < 1.29 is 0 Å². The molecule has 1 aliphatic heterocycles. The summed E-state index contributed by atoms with van der Waals surface area (Å²) in [5.41, 5.74) is 2.02. The standard InChI is InChI=1S/C19H22N6/c1-13-9-15(11-24(13)16-7-8-16)22-18-10-17(14-5-3-2-4-6-14)23-19-20-12-21-25(18)19/h2-6,10,12-13,15-16,22H,7-9,11H2,1H3. The number of nitrogens with one attached hydrogen (secondary N) is 1. The smallest absolute Gasteiger partial charge is 0.254 e. The van der Waals surface area contributed by atoms with Crippen molar-refractivity contribution in [1.29, 1.82) is 0 Å². The fourth-order valence-electron chi connectivity index (χ4n) is 3.96. The first-order chi connectivity index (χ1) is 12.3. The van der Waals surface area contributed by atoms with Gasteiger partial charge in [0.15, 0.2) is 0 Å². The van der Waals surface area contributed by atoms with Gasteiger partial charge < -0.3 is 5.32 Å². The molecule has 2 aliphatic rings. The van der Waals surface area contributed by atoms with Crippen LogP contribution in [0.1, 0.15) is 26.2 Å². The van der Waals surface area contributed by atoms with E-state index in [0.29, 0.717) is 17.9 Å². The summed E-state index contributed by atoms with van der Waals surface area (Å²) in [6.45, 7) is 3.44. The van der Waals surface area contributed by atoms with Crippen LogP contribution in [0.25, 0.3) is 17.0 Å². The summed E-state index contributed by atoms with van der Waals surface area (Å²) < 4.78 is 1.80. The molecule has 6 nitrogen and oxygen atoms in total. The second kappa shape index (κ2) is 5.81. The van der Waals surface area contributed by atoms with Crippen molar-refractivity contribution in [3.05, 3.63) is 42.7 Å². The van der Waals surface area contributed by atoms with E-state index in [-0.39, 0.29) is 0 Å². The number of rotatable bonds is 4. The fraction of sp³-hybridized carbons (Fsp3) is 0.421. The molecule has 25 heavy (non-hydrogen) atoms. The minimum Gasteiger partial charge on any atom is -0.366 e. The van der Waals surface area contributed by atoms with Crippen molar-refractivity contribution in [2.45, 2.75) is 44.3 Å². The monoisotopic (exact) mass is 334 g/mol. The van der Waals surface area contributed by atoms with E-state index in [4.69, 9.17) is 0 Å². The van der Waals surface area contributed by atoms with Gasteiger partial charge in [0.1, 0.15) is 12.1 Å². The molecule has 1 saturated carbocycles. The first-order valence-electron chi connectivity index (χ1n) is 9.06. The van der Waals surface area contributed by atoms with E-state index in [0.717, 1.165) is 36.1 Å². The summed E-state index contributed by atoms with van der Waals surface area (Å²) in [5.74, 6) is 1.60. The van der Waals surface area contributed by atoms with Crippen LogP contribution in [0.3, 0.4) is 0 Å². The van der Waals surface area contributed by atoms with Gasteiger partial charge in [-0.1, -0.05) is 30.3 Å². The van der Waals surface area contributed by atoms with Gasteiger partial charge in [-0.2, -0.15) is 14.6 Å². The summed E-state index contributed by atoms with van der Waals surface area (Å²) >= 11 is 0. The third kappa shape index (κ3) is 2.76. The van der Waals surface area contributed by atoms with Crippen molar-refractivity contribution in [3.8, 4) is 11.3 Å². The van der Waals surface area contributed by atoms with Gasteiger partial charge in [-0.15, -0.1) is 0 Å². The van der Waals surface area contributed by atoms with E-state index in [1.165, 1.54) is 12.8 Å². The van der Waals surface area contributed by atoms with E-state index in [1.807, 2.05) is 18.2 Å². The number of hydrogen-bond acceptors (Lipinski definition) is 5. The zero-order valence-electron chi connectivity index (χ0n) is 14.3. The summed E-state index contributed by atoms with van der Waals surface area (Å²) in [5, 5.41) is 8.05. The minimum absolute atomic E-state index is 0.439. The number of likely N-dealkylation sites (tertiary alicyclic amines) is 1. The molecule has 2 fully saturated rings. The Morgan fingerprint density at radius 1 is 1.16 bits per heavy atom. The predicted molar refractivity (Wildman–Crippen MR) is 97.4 cm³/mol. The molecule has 1 saturated heterocycles. The molecule has 3 heterocycles. The van der Waals surface area contributed by atoms with Gasteiger partial charge in [-0.3, -0.25) is 4.90 Å². The van der Waals surface area contributed by atoms with E-state index < -0.39 is 0 Å². The predicted octanol–water partition coefficient (Wildman–Crippen LogP) is 2.83. The molecule has 5 rings (SSSR count). The second-order valence-corrected chi connectivity index (χ2v) is 7.22. The number of anilines is 1. The van der Waals surface area contributed by atoms with Gasteiger partial charge in [-0.05, 0) is 26.2 Å². The number of aromatic nitrogens is 4. The largest absolute Gasteiger partial charge is 0.366 e. The number of hydrogen-bond donors (Lipinski definition) is 1. The number of nitrogens with zero attached hydrogens (tertiary/aromatic N) is 5.